The highest BCUT2D eigenvalue weighted by molar-refractivity contribution is 5.99. The SMILES string of the molecule is [2H]C([2H])([2H])N(C(=O)C1Cc2cc(F)ccc2N1)c1cc(F)c(F)cc1F. The molecule has 1 N–H and O–H groups in total. The Labute approximate surface area is 133 Å². The number of nitrogens with one attached hydrogen (secondary N) is 1. The first-order chi connectivity index (χ1) is 12.1. The molecular formula is C16H12F4N2O. The van der Waals surface area contributed by atoms with Gasteiger partial charge < -0.3 is 10.2 Å². The molecule has 2 aromatic rings. The van der Waals surface area contributed by atoms with Gasteiger partial charge in [-0.15, -0.1) is 0 Å². The Bertz CT molecular complexity index is 889. The van der Waals surface area contributed by atoms with Crippen LogP contribution in [0.4, 0.5) is 28.9 Å². The third kappa shape index (κ3) is 2.74. The average Bonchev–Trinajstić information content (AvgIpc) is 2.94. The first-order valence-electron chi connectivity index (χ1n) is 8.11. The summed E-state index contributed by atoms with van der Waals surface area (Å²) in [5.74, 6) is -6.00. The minimum Gasteiger partial charge on any atom is -0.373 e. The number of nitrogens with zero attached hydrogens (tertiary/aromatic N) is 1. The van der Waals surface area contributed by atoms with Crippen molar-refractivity contribution < 1.29 is 26.5 Å². The monoisotopic (exact) mass is 327 g/mol. The molecule has 1 amide bonds. The van der Waals surface area contributed by atoms with Gasteiger partial charge in [0.05, 0.1) is 5.69 Å². The van der Waals surface area contributed by atoms with Gasteiger partial charge in [0.2, 0.25) is 5.91 Å². The van der Waals surface area contributed by atoms with E-state index in [1.165, 1.54) is 12.1 Å². The highest BCUT2D eigenvalue weighted by Gasteiger charge is 2.31. The van der Waals surface area contributed by atoms with E-state index in [-0.39, 0.29) is 17.4 Å². The summed E-state index contributed by atoms with van der Waals surface area (Å²) in [5, 5.41) is 2.73. The topological polar surface area (TPSA) is 32.3 Å². The highest BCUT2D eigenvalue weighted by atomic mass is 19.2. The van der Waals surface area contributed by atoms with Gasteiger partial charge in [0.1, 0.15) is 17.7 Å². The normalized spacial score (nSPS) is 18.4. The zero-order valence-electron chi connectivity index (χ0n) is 14.5. The van der Waals surface area contributed by atoms with Gasteiger partial charge in [-0.25, -0.2) is 17.6 Å². The maximum Gasteiger partial charge on any atom is 0.249 e. The molecule has 0 aromatic heterocycles. The number of hydrogen-bond donors (Lipinski definition) is 1. The first kappa shape index (κ1) is 11.9. The van der Waals surface area contributed by atoms with Gasteiger partial charge in [-0.05, 0) is 23.8 Å². The summed E-state index contributed by atoms with van der Waals surface area (Å²) in [6.45, 7) is -3.15. The van der Waals surface area contributed by atoms with Gasteiger partial charge in [-0.1, -0.05) is 0 Å². The fraction of sp³-hybridized carbons (Fsp3) is 0.188. The molecule has 23 heavy (non-hydrogen) atoms. The number of rotatable bonds is 2. The highest BCUT2D eigenvalue weighted by Crippen LogP contribution is 2.29. The summed E-state index contributed by atoms with van der Waals surface area (Å²) in [4.78, 5) is 12.8. The summed E-state index contributed by atoms with van der Waals surface area (Å²) in [7, 11) is 0. The fourth-order valence-electron chi connectivity index (χ4n) is 2.44. The lowest BCUT2D eigenvalue weighted by molar-refractivity contribution is -0.118. The van der Waals surface area contributed by atoms with E-state index in [9.17, 15) is 22.4 Å². The third-order valence-electron chi connectivity index (χ3n) is 3.57. The van der Waals surface area contributed by atoms with Crippen LogP contribution >= 0.6 is 0 Å². The number of amides is 1. The molecule has 1 aliphatic rings. The molecule has 0 aliphatic carbocycles. The predicted molar refractivity (Wildman–Crippen MR) is 77.2 cm³/mol. The molecule has 3 nitrogen and oxygen atoms in total. The van der Waals surface area contributed by atoms with Gasteiger partial charge in [-0.3, -0.25) is 4.79 Å². The van der Waals surface area contributed by atoms with E-state index in [1.807, 2.05) is 0 Å². The Hall–Kier alpha value is -2.57. The van der Waals surface area contributed by atoms with Gasteiger partial charge in [0.15, 0.2) is 11.6 Å². The van der Waals surface area contributed by atoms with Crippen molar-refractivity contribution in [2.24, 2.45) is 0 Å². The molecule has 3 rings (SSSR count). The Morgan fingerprint density at radius 3 is 2.65 bits per heavy atom. The van der Waals surface area contributed by atoms with Gasteiger partial charge in [0.25, 0.3) is 0 Å². The van der Waals surface area contributed by atoms with Crippen molar-refractivity contribution in [3.05, 3.63) is 59.2 Å². The standard InChI is InChI=1S/C16H12F4N2O/c1-22(15-7-11(19)10(18)6-12(15)20)16(23)14-5-8-4-9(17)2-3-13(8)21-14/h2-4,6-7,14,21H,5H2,1H3/i1D3. The summed E-state index contributed by atoms with van der Waals surface area (Å²) >= 11 is 0. The molecule has 1 aliphatic heterocycles. The maximum atomic E-state index is 14.1. The Morgan fingerprint density at radius 1 is 1.17 bits per heavy atom. The number of anilines is 2. The molecule has 0 fully saturated rings. The van der Waals surface area contributed by atoms with E-state index >= 15 is 0 Å². The maximum absolute atomic E-state index is 14.1. The van der Waals surface area contributed by atoms with E-state index in [1.54, 1.807) is 0 Å². The van der Waals surface area contributed by atoms with Crippen LogP contribution in [0.15, 0.2) is 30.3 Å². The molecule has 120 valence electrons. The molecular weight excluding hydrogens is 312 g/mol. The second kappa shape index (κ2) is 5.57. The zero-order valence-corrected chi connectivity index (χ0v) is 11.5. The van der Waals surface area contributed by atoms with E-state index in [4.69, 9.17) is 4.11 Å². The van der Waals surface area contributed by atoms with E-state index in [2.05, 4.69) is 5.32 Å². The molecule has 0 saturated carbocycles. The summed E-state index contributed by atoms with van der Waals surface area (Å²) in [5.41, 5.74) is -0.0292. The molecule has 1 heterocycles. The number of carbonyl (C=O) groups excluding carboxylic acids is 1. The van der Waals surface area contributed by atoms with Crippen LogP contribution in [0.5, 0.6) is 0 Å². The van der Waals surface area contributed by atoms with E-state index in [0.717, 1.165) is 6.07 Å². The number of likely N-dealkylation sites (N-methyl/N-ethyl adjacent to an activating group) is 1. The van der Waals surface area contributed by atoms with Crippen LogP contribution in [0.3, 0.4) is 0 Å². The third-order valence-corrected chi connectivity index (χ3v) is 3.57. The van der Waals surface area contributed by atoms with Crippen LogP contribution in [0.1, 0.15) is 9.68 Å². The smallest absolute Gasteiger partial charge is 0.249 e. The van der Waals surface area contributed by atoms with E-state index in [0.29, 0.717) is 17.3 Å². The van der Waals surface area contributed by atoms with Crippen molar-refractivity contribution in [3.63, 3.8) is 0 Å². The molecule has 0 bridgehead atoms. The number of carbonyl (C=O) groups is 1. The number of halogens is 4. The van der Waals surface area contributed by atoms with Crippen molar-refractivity contribution in [1.29, 1.82) is 0 Å². The number of hydrogen-bond acceptors (Lipinski definition) is 2. The molecule has 0 spiro atoms. The Morgan fingerprint density at radius 2 is 1.91 bits per heavy atom. The molecule has 0 radical (unpaired) electrons. The largest absolute Gasteiger partial charge is 0.373 e. The molecule has 1 atom stereocenters. The Balaban J connectivity index is 1.98. The van der Waals surface area contributed by atoms with Crippen LogP contribution in [0.25, 0.3) is 0 Å². The predicted octanol–water partition coefficient (Wildman–Crippen LogP) is 3.24. The van der Waals surface area contributed by atoms with Crippen molar-refractivity contribution in [2.45, 2.75) is 12.5 Å². The average molecular weight is 327 g/mol. The molecule has 0 saturated heterocycles. The van der Waals surface area contributed by atoms with Gasteiger partial charge in [0, 0.05) is 35.3 Å². The minimum atomic E-state index is -3.15. The zero-order chi connectivity index (χ0) is 19.2. The fourth-order valence-corrected chi connectivity index (χ4v) is 2.44. The second-order valence-corrected chi connectivity index (χ2v) is 5.09. The van der Waals surface area contributed by atoms with Crippen molar-refractivity contribution in [3.8, 4) is 0 Å². The lowest BCUT2D eigenvalue weighted by Crippen LogP contribution is -2.40. The lowest BCUT2D eigenvalue weighted by atomic mass is 10.1. The summed E-state index contributed by atoms with van der Waals surface area (Å²) in [6.07, 6.45) is -0.0379. The second-order valence-electron chi connectivity index (χ2n) is 5.09. The van der Waals surface area contributed by atoms with Crippen LogP contribution in [-0.4, -0.2) is 18.9 Å². The molecule has 2 aromatic carbocycles. The molecule has 7 heteroatoms. The van der Waals surface area contributed by atoms with Crippen LogP contribution in [0, 0.1) is 23.3 Å². The first-order valence-corrected chi connectivity index (χ1v) is 6.61. The minimum absolute atomic E-state index is 0.0379. The van der Waals surface area contributed by atoms with Crippen LogP contribution in [0.2, 0.25) is 0 Å². The van der Waals surface area contributed by atoms with E-state index < -0.39 is 47.9 Å². The summed E-state index contributed by atoms with van der Waals surface area (Å²) in [6, 6.07) is 3.10. The van der Waals surface area contributed by atoms with Crippen molar-refractivity contribution in [2.75, 3.05) is 17.2 Å². The Kier molecular flexibility index (Phi) is 2.89. The van der Waals surface area contributed by atoms with Crippen molar-refractivity contribution >= 4 is 17.3 Å². The van der Waals surface area contributed by atoms with Gasteiger partial charge >= 0.3 is 0 Å². The lowest BCUT2D eigenvalue weighted by Gasteiger charge is -2.22. The summed E-state index contributed by atoms with van der Waals surface area (Å²) < 4.78 is 76.5. The molecule has 1 unspecified atom stereocenters. The quantitative estimate of drug-likeness (QED) is 0.678. The van der Waals surface area contributed by atoms with Crippen LogP contribution < -0.4 is 10.2 Å². The number of fused-ring (bicyclic) bond motifs is 1. The van der Waals surface area contributed by atoms with Crippen molar-refractivity contribution in [1.82, 2.24) is 0 Å². The van der Waals surface area contributed by atoms with Crippen LogP contribution in [-0.2, 0) is 11.2 Å². The van der Waals surface area contributed by atoms with Gasteiger partial charge in [-0.2, -0.15) is 0 Å². The number of benzene rings is 2.